The monoisotopic (exact) mass is 289 g/mol. The summed E-state index contributed by atoms with van der Waals surface area (Å²) in [7, 11) is 1.72. The zero-order valence-corrected chi connectivity index (χ0v) is 13.9. The highest BCUT2D eigenvalue weighted by Crippen LogP contribution is 2.27. The number of ether oxygens (including phenoxy) is 1. The van der Waals surface area contributed by atoms with Gasteiger partial charge in [-0.1, -0.05) is 38.3 Å². The molecule has 3 unspecified atom stereocenters. The first-order valence-corrected chi connectivity index (χ1v) is 8.60. The van der Waals surface area contributed by atoms with Crippen LogP contribution in [0.3, 0.4) is 0 Å². The molecule has 2 rings (SSSR count). The van der Waals surface area contributed by atoms with Gasteiger partial charge in [0.2, 0.25) is 0 Å². The fourth-order valence-electron chi connectivity index (χ4n) is 3.47. The molecule has 0 aliphatic heterocycles. The van der Waals surface area contributed by atoms with E-state index in [1.807, 2.05) is 0 Å². The molecule has 1 fully saturated rings. The van der Waals surface area contributed by atoms with Crippen LogP contribution in [0, 0.1) is 5.92 Å². The molecule has 3 atom stereocenters. The van der Waals surface area contributed by atoms with Crippen molar-refractivity contribution in [3.63, 3.8) is 0 Å². The maximum absolute atomic E-state index is 5.20. The van der Waals surface area contributed by atoms with E-state index in [0.717, 1.165) is 24.1 Å². The second-order valence-corrected chi connectivity index (χ2v) is 6.59. The Hall–Kier alpha value is -1.02. The SMILES string of the molecule is CCC1CCCC(NC(C)CCc2ccc(OC)cc2)C1. The Morgan fingerprint density at radius 3 is 2.67 bits per heavy atom. The van der Waals surface area contributed by atoms with Crippen LogP contribution in [0.15, 0.2) is 24.3 Å². The zero-order chi connectivity index (χ0) is 15.1. The number of benzene rings is 1. The summed E-state index contributed by atoms with van der Waals surface area (Å²) in [6, 6.07) is 9.82. The van der Waals surface area contributed by atoms with Gasteiger partial charge in [0.05, 0.1) is 7.11 Å². The van der Waals surface area contributed by atoms with Gasteiger partial charge in [-0.05, 0) is 56.2 Å². The largest absolute Gasteiger partial charge is 0.497 e. The van der Waals surface area contributed by atoms with Crippen LogP contribution in [-0.2, 0) is 6.42 Å². The van der Waals surface area contributed by atoms with Gasteiger partial charge in [-0.15, -0.1) is 0 Å². The van der Waals surface area contributed by atoms with E-state index in [4.69, 9.17) is 4.74 Å². The Morgan fingerprint density at radius 2 is 2.00 bits per heavy atom. The Kier molecular flexibility index (Phi) is 6.56. The van der Waals surface area contributed by atoms with Crippen molar-refractivity contribution >= 4 is 0 Å². The maximum Gasteiger partial charge on any atom is 0.118 e. The highest BCUT2D eigenvalue weighted by molar-refractivity contribution is 5.27. The van der Waals surface area contributed by atoms with E-state index in [1.165, 1.54) is 44.1 Å². The van der Waals surface area contributed by atoms with Gasteiger partial charge in [-0.2, -0.15) is 0 Å². The van der Waals surface area contributed by atoms with E-state index < -0.39 is 0 Å². The lowest BCUT2D eigenvalue weighted by Gasteiger charge is -2.31. The van der Waals surface area contributed by atoms with Crippen LogP contribution < -0.4 is 10.1 Å². The van der Waals surface area contributed by atoms with Crippen LogP contribution in [0.2, 0.25) is 0 Å². The molecule has 0 spiro atoms. The Bertz CT molecular complexity index is 401. The van der Waals surface area contributed by atoms with Gasteiger partial charge in [-0.25, -0.2) is 0 Å². The molecule has 0 bridgehead atoms. The summed E-state index contributed by atoms with van der Waals surface area (Å²) in [5.74, 6) is 1.89. The van der Waals surface area contributed by atoms with Crippen molar-refractivity contribution < 1.29 is 4.74 Å². The molecule has 1 N–H and O–H groups in total. The van der Waals surface area contributed by atoms with Crippen molar-refractivity contribution in [3.05, 3.63) is 29.8 Å². The molecule has 0 heterocycles. The molecular weight excluding hydrogens is 258 g/mol. The van der Waals surface area contributed by atoms with Crippen molar-refractivity contribution in [2.75, 3.05) is 7.11 Å². The highest BCUT2D eigenvalue weighted by atomic mass is 16.5. The van der Waals surface area contributed by atoms with Gasteiger partial charge in [0, 0.05) is 12.1 Å². The molecular formula is C19H31NO. The minimum Gasteiger partial charge on any atom is -0.497 e. The summed E-state index contributed by atoms with van der Waals surface area (Å²) in [6.07, 6.45) is 9.28. The predicted octanol–water partition coefficient (Wildman–Crippen LogP) is 4.57. The fraction of sp³-hybridized carbons (Fsp3) is 0.684. The summed E-state index contributed by atoms with van der Waals surface area (Å²) in [5.41, 5.74) is 1.40. The van der Waals surface area contributed by atoms with E-state index >= 15 is 0 Å². The van der Waals surface area contributed by atoms with E-state index in [9.17, 15) is 0 Å². The normalized spacial score (nSPS) is 23.8. The fourth-order valence-corrected chi connectivity index (χ4v) is 3.47. The second-order valence-electron chi connectivity index (χ2n) is 6.59. The van der Waals surface area contributed by atoms with Crippen LogP contribution in [0.5, 0.6) is 5.75 Å². The first-order chi connectivity index (χ1) is 10.2. The number of methoxy groups -OCH3 is 1. The molecule has 0 radical (unpaired) electrons. The van der Waals surface area contributed by atoms with Crippen molar-refractivity contribution in [1.82, 2.24) is 5.32 Å². The smallest absolute Gasteiger partial charge is 0.118 e. The van der Waals surface area contributed by atoms with Gasteiger partial charge in [0.25, 0.3) is 0 Å². The molecule has 1 aromatic rings. The molecule has 118 valence electrons. The third-order valence-corrected chi connectivity index (χ3v) is 4.91. The molecule has 21 heavy (non-hydrogen) atoms. The van der Waals surface area contributed by atoms with Crippen molar-refractivity contribution in [2.45, 2.75) is 70.9 Å². The van der Waals surface area contributed by atoms with Crippen LogP contribution in [0.25, 0.3) is 0 Å². The first-order valence-electron chi connectivity index (χ1n) is 8.60. The summed E-state index contributed by atoms with van der Waals surface area (Å²) in [5, 5.41) is 3.85. The lowest BCUT2D eigenvalue weighted by atomic mass is 9.84. The third kappa shape index (κ3) is 5.35. The lowest BCUT2D eigenvalue weighted by Crippen LogP contribution is -2.39. The number of aryl methyl sites for hydroxylation is 1. The summed E-state index contributed by atoms with van der Waals surface area (Å²) in [4.78, 5) is 0. The molecule has 0 aromatic heterocycles. The molecule has 0 amide bonds. The first kappa shape index (κ1) is 16.4. The third-order valence-electron chi connectivity index (χ3n) is 4.91. The second kappa shape index (κ2) is 8.43. The maximum atomic E-state index is 5.20. The topological polar surface area (TPSA) is 21.3 Å². The molecule has 1 aliphatic rings. The highest BCUT2D eigenvalue weighted by Gasteiger charge is 2.21. The van der Waals surface area contributed by atoms with Crippen molar-refractivity contribution in [2.24, 2.45) is 5.92 Å². The van der Waals surface area contributed by atoms with Gasteiger partial charge in [0.1, 0.15) is 5.75 Å². The van der Waals surface area contributed by atoms with Crippen LogP contribution >= 0.6 is 0 Å². The Morgan fingerprint density at radius 1 is 1.24 bits per heavy atom. The van der Waals surface area contributed by atoms with Crippen molar-refractivity contribution in [3.8, 4) is 5.75 Å². The van der Waals surface area contributed by atoms with E-state index in [-0.39, 0.29) is 0 Å². The summed E-state index contributed by atoms with van der Waals surface area (Å²) in [6.45, 7) is 4.67. The molecule has 1 saturated carbocycles. The summed E-state index contributed by atoms with van der Waals surface area (Å²) < 4.78 is 5.20. The number of nitrogens with one attached hydrogen (secondary N) is 1. The van der Waals surface area contributed by atoms with Crippen LogP contribution in [0.1, 0.15) is 57.9 Å². The molecule has 0 saturated heterocycles. The van der Waals surface area contributed by atoms with Crippen LogP contribution in [0.4, 0.5) is 0 Å². The number of hydrogen-bond acceptors (Lipinski definition) is 2. The minimum atomic E-state index is 0.604. The average molecular weight is 289 g/mol. The van der Waals surface area contributed by atoms with Gasteiger partial charge >= 0.3 is 0 Å². The van der Waals surface area contributed by atoms with Gasteiger partial charge in [-0.3, -0.25) is 0 Å². The molecule has 2 heteroatoms. The Labute approximate surface area is 130 Å². The van der Waals surface area contributed by atoms with Crippen LogP contribution in [-0.4, -0.2) is 19.2 Å². The predicted molar refractivity (Wildman–Crippen MR) is 89.9 cm³/mol. The summed E-state index contributed by atoms with van der Waals surface area (Å²) >= 11 is 0. The standard InChI is InChI=1S/C19H31NO/c1-4-16-6-5-7-18(14-16)20-15(2)8-9-17-10-12-19(21-3)13-11-17/h10-13,15-16,18,20H,4-9,14H2,1-3H3. The molecule has 2 nitrogen and oxygen atoms in total. The van der Waals surface area contributed by atoms with Gasteiger partial charge in [0.15, 0.2) is 0 Å². The lowest BCUT2D eigenvalue weighted by molar-refractivity contribution is 0.262. The van der Waals surface area contributed by atoms with E-state index in [2.05, 4.69) is 43.4 Å². The quantitative estimate of drug-likeness (QED) is 0.793. The van der Waals surface area contributed by atoms with Crippen molar-refractivity contribution in [1.29, 1.82) is 0 Å². The zero-order valence-electron chi connectivity index (χ0n) is 13.9. The number of rotatable bonds is 7. The van der Waals surface area contributed by atoms with Gasteiger partial charge < -0.3 is 10.1 Å². The van der Waals surface area contributed by atoms with E-state index in [0.29, 0.717) is 6.04 Å². The Balaban J connectivity index is 1.72. The molecule has 1 aliphatic carbocycles. The number of hydrogen-bond donors (Lipinski definition) is 1. The van der Waals surface area contributed by atoms with E-state index in [1.54, 1.807) is 7.11 Å². The minimum absolute atomic E-state index is 0.604. The molecule has 1 aromatic carbocycles. The average Bonchev–Trinajstić information content (AvgIpc) is 2.53.